The Morgan fingerprint density at radius 3 is 2.56 bits per heavy atom. The monoisotopic (exact) mass is 299 g/mol. The third-order valence-electron chi connectivity index (χ3n) is 2.36. The van der Waals surface area contributed by atoms with Gasteiger partial charge in [0.25, 0.3) is 5.91 Å². The molecule has 0 aromatic carbocycles. The second kappa shape index (κ2) is 6.10. The molecule has 1 heterocycles. The van der Waals surface area contributed by atoms with E-state index < -0.39 is 0 Å². The van der Waals surface area contributed by atoms with Crippen LogP contribution in [0.1, 0.15) is 24.2 Å². The lowest BCUT2D eigenvalue weighted by molar-refractivity contribution is 0.0931. The maximum absolute atomic E-state index is 11.8. The van der Waals surface area contributed by atoms with Gasteiger partial charge in [0.05, 0.1) is 9.90 Å². The Balaban J connectivity index is 2.69. The van der Waals surface area contributed by atoms with Crippen LogP contribution in [0.25, 0.3) is 0 Å². The van der Waals surface area contributed by atoms with Gasteiger partial charge in [0.1, 0.15) is 4.34 Å². The van der Waals surface area contributed by atoms with Crippen molar-refractivity contribution in [2.24, 2.45) is 5.92 Å². The van der Waals surface area contributed by atoms with E-state index in [1.807, 2.05) is 13.8 Å². The van der Waals surface area contributed by atoms with E-state index in [4.69, 9.17) is 34.8 Å². The summed E-state index contributed by atoms with van der Waals surface area (Å²) in [5, 5.41) is 2.84. The van der Waals surface area contributed by atoms with Crippen molar-refractivity contribution in [2.75, 3.05) is 5.88 Å². The van der Waals surface area contributed by atoms with Gasteiger partial charge in [-0.25, -0.2) is 0 Å². The Labute approximate surface area is 114 Å². The number of alkyl halides is 1. The van der Waals surface area contributed by atoms with Crippen LogP contribution >= 0.6 is 46.1 Å². The predicted molar refractivity (Wildman–Crippen MR) is 71.2 cm³/mol. The fourth-order valence-corrected chi connectivity index (χ4v) is 2.78. The molecule has 0 saturated heterocycles. The molecular formula is C10H12Cl3NOS. The summed E-state index contributed by atoms with van der Waals surface area (Å²) in [6.45, 7) is 3.88. The Morgan fingerprint density at radius 2 is 2.12 bits per heavy atom. The van der Waals surface area contributed by atoms with Crippen LogP contribution in [0.2, 0.25) is 8.67 Å². The summed E-state index contributed by atoms with van der Waals surface area (Å²) in [6, 6.07) is 1.57. The highest BCUT2D eigenvalue weighted by Crippen LogP contribution is 2.31. The van der Waals surface area contributed by atoms with Crippen molar-refractivity contribution in [1.29, 1.82) is 0 Å². The van der Waals surface area contributed by atoms with Gasteiger partial charge in [-0.05, 0) is 18.9 Å². The summed E-state index contributed by atoms with van der Waals surface area (Å²) < 4.78 is 0.918. The molecule has 90 valence electrons. The quantitative estimate of drug-likeness (QED) is 0.835. The highest BCUT2D eigenvalue weighted by molar-refractivity contribution is 7.20. The SMILES string of the molecule is CC(CCl)C(C)NC(=O)c1cc(Cl)sc1Cl. The van der Waals surface area contributed by atoms with Crippen molar-refractivity contribution in [1.82, 2.24) is 5.32 Å². The fraction of sp³-hybridized carbons (Fsp3) is 0.500. The first-order valence-electron chi connectivity index (χ1n) is 4.77. The molecule has 0 aliphatic rings. The first-order chi connectivity index (χ1) is 7.45. The van der Waals surface area contributed by atoms with E-state index in [9.17, 15) is 4.79 Å². The smallest absolute Gasteiger partial charge is 0.253 e. The molecule has 1 N–H and O–H groups in total. The van der Waals surface area contributed by atoms with Gasteiger partial charge in [-0.1, -0.05) is 30.1 Å². The minimum Gasteiger partial charge on any atom is -0.349 e. The highest BCUT2D eigenvalue weighted by Gasteiger charge is 2.18. The van der Waals surface area contributed by atoms with Crippen molar-refractivity contribution in [3.05, 3.63) is 20.3 Å². The summed E-state index contributed by atoms with van der Waals surface area (Å²) in [4.78, 5) is 11.8. The fourth-order valence-electron chi connectivity index (χ4n) is 1.06. The van der Waals surface area contributed by atoms with E-state index in [1.54, 1.807) is 6.07 Å². The molecule has 0 radical (unpaired) electrons. The van der Waals surface area contributed by atoms with E-state index in [0.717, 1.165) is 0 Å². The Morgan fingerprint density at radius 1 is 1.50 bits per heavy atom. The van der Waals surface area contributed by atoms with Gasteiger partial charge in [-0.15, -0.1) is 22.9 Å². The second-order valence-corrected chi connectivity index (χ2v) is 6.23. The lowest BCUT2D eigenvalue weighted by Gasteiger charge is -2.18. The first kappa shape index (κ1) is 14.1. The molecule has 2 nitrogen and oxygen atoms in total. The average Bonchev–Trinajstić information content (AvgIpc) is 2.56. The van der Waals surface area contributed by atoms with Gasteiger partial charge in [0.2, 0.25) is 0 Å². The van der Waals surface area contributed by atoms with Crippen molar-refractivity contribution in [2.45, 2.75) is 19.9 Å². The number of rotatable bonds is 4. The molecule has 0 aliphatic carbocycles. The minimum absolute atomic E-state index is 0.000239. The summed E-state index contributed by atoms with van der Waals surface area (Å²) in [5.41, 5.74) is 0.422. The molecule has 0 aliphatic heterocycles. The second-order valence-electron chi connectivity index (χ2n) is 3.63. The molecule has 2 unspecified atom stereocenters. The third-order valence-corrected chi connectivity index (χ3v) is 4.33. The highest BCUT2D eigenvalue weighted by atomic mass is 35.5. The largest absolute Gasteiger partial charge is 0.349 e. The zero-order chi connectivity index (χ0) is 12.3. The standard InChI is InChI=1S/C10H12Cl3NOS/c1-5(4-11)6(2)14-10(15)7-3-8(12)16-9(7)13/h3,5-6H,4H2,1-2H3,(H,14,15). The lowest BCUT2D eigenvalue weighted by atomic mass is 10.1. The Hall–Kier alpha value is 0.0400. The summed E-state index contributed by atoms with van der Waals surface area (Å²) in [6.07, 6.45) is 0. The van der Waals surface area contributed by atoms with E-state index in [-0.39, 0.29) is 17.9 Å². The van der Waals surface area contributed by atoms with Crippen LogP contribution in [0.5, 0.6) is 0 Å². The van der Waals surface area contributed by atoms with Crippen LogP contribution in [0.3, 0.4) is 0 Å². The van der Waals surface area contributed by atoms with E-state index in [1.165, 1.54) is 11.3 Å². The molecule has 6 heteroatoms. The summed E-state index contributed by atoms with van der Waals surface area (Å²) in [5.74, 6) is 0.496. The summed E-state index contributed by atoms with van der Waals surface area (Å²) in [7, 11) is 0. The molecular weight excluding hydrogens is 289 g/mol. The van der Waals surface area contributed by atoms with Crippen molar-refractivity contribution in [3.8, 4) is 0 Å². The number of carbonyl (C=O) groups excluding carboxylic acids is 1. The molecule has 16 heavy (non-hydrogen) atoms. The number of halogens is 3. The van der Waals surface area contributed by atoms with Crippen molar-refractivity contribution < 1.29 is 4.79 Å². The number of thiophene rings is 1. The molecule has 0 bridgehead atoms. The van der Waals surface area contributed by atoms with Crippen LogP contribution in [0.4, 0.5) is 0 Å². The maximum Gasteiger partial charge on any atom is 0.253 e. The van der Waals surface area contributed by atoms with Crippen LogP contribution in [-0.4, -0.2) is 17.8 Å². The molecule has 0 spiro atoms. The first-order valence-corrected chi connectivity index (χ1v) is 6.88. The normalized spacial score (nSPS) is 14.6. The van der Waals surface area contributed by atoms with E-state index >= 15 is 0 Å². The zero-order valence-electron chi connectivity index (χ0n) is 8.89. The molecule has 2 atom stereocenters. The molecule has 0 saturated carbocycles. The number of amides is 1. The molecule has 0 fully saturated rings. The van der Waals surface area contributed by atoms with Gasteiger partial charge < -0.3 is 5.32 Å². The van der Waals surface area contributed by atoms with Crippen LogP contribution in [-0.2, 0) is 0 Å². The van der Waals surface area contributed by atoms with E-state index in [2.05, 4.69) is 5.32 Å². The molecule has 1 aromatic rings. The van der Waals surface area contributed by atoms with Crippen LogP contribution < -0.4 is 5.32 Å². The van der Waals surface area contributed by atoms with Crippen molar-refractivity contribution in [3.63, 3.8) is 0 Å². The van der Waals surface area contributed by atoms with E-state index in [0.29, 0.717) is 20.1 Å². The predicted octanol–water partition coefficient (Wildman–Crippen LogP) is 4.05. The van der Waals surface area contributed by atoms with Gasteiger partial charge in [-0.3, -0.25) is 4.79 Å². The van der Waals surface area contributed by atoms with Crippen LogP contribution in [0, 0.1) is 5.92 Å². The Kier molecular flexibility index (Phi) is 5.38. The number of carbonyl (C=O) groups is 1. The van der Waals surface area contributed by atoms with Gasteiger partial charge in [0.15, 0.2) is 0 Å². The lowest BCUT2D eigenvalue weighted by Crippen LogP contribution is -2.37. The average molecular weight is 301 g/mol. The third kappa shape index (κ3) is 3.52. The summed E-state index contributed by atoms with van der Waals surface area (Å²) >= 11 is 18.6. The zero-order valence-corrected chi connectivity index (χ0v) is 12.0. The molecule has 1 aromatic heterocycles. The van der Waals surface area contributed by atoms with Gasteiger partial charge >= 0.3 is 0 Å². The number of nitrogens with one attached hydrogen (secondary N) is 1. The Bertz CT molecular complexity index is 380. The molecule has 1 rings (SSSR count). The van der Waals surface area contributed by atoms with Crippen LogP contribution in [0.15, 0.2) is 6.07 Å². The minimum atomic E-state index is -0.211. The topological polar surface area (TPSA) is 29.1 Å². The number of hydrogen-bond donors (Lipinski definition) is 1. The molecule has 1 amide bonds. The van der Waals surface area contributed by atoms with Gasteiger partial charge in [-0.2, -0.15) is 0 Å². The maximum atomic E-state index is 11.8. The van der Waals surface area contributed by atoms with Crippen molar-refractivity contribution >= 4 is 52.0 Å². The number of hydrogen-bond acceptors (Lipinski definition) is 2. The van der Waals surface area contributed by atoms with Gasteiger partial charge in [0, 0.05) is 11.9 Å².